The van der Waals surface area contributed by atoms with Gasteiger partial charge in [0, 0.05) is 19.0 Å². The number of fused-ring (bicyclic) bond motifs is 2. The molecule has 3 aromatic carbocycles. The summed E-state index contributed by atoms with van der Waals surface area (Å²) in [5.41, 5.74) is 1.19. The van der Waals surface area contributed by atoms with E-state index in [1.54, 1.807) is 0 Å². The van der Waals surface area contributed by atoms with Crippen molar-refractivity contribution < 1.29 is 19.0 Å². The first-order valence-corrected chi connectivity index (χ1v) is 9.55. The Bertz CT molecular complexity index is 1030. The van der Waals surface area contributed by atoms with Gasteiger partial charge >= 0.3 is 0 Å². The van der Waals surface area contributed by atoms with Crippen molar-refractivity contribution in [2.45, 2.75) is 12.3 Å². The highest BCUT2D eigenvalue weighted by molar-refractivity contribution is 5.84. The molecule has 142 valence electrons. The van der Waals surface area contributed by atoms with Gasteiger partial charge in [-0.2, -0.15) is 0 Å². The average molecular weight is 375 g/mol. The fraction of sp³-hybridized carbons (Fsp3) is 0.261. The largest absolute Gasteiger partial charge is 0.484 e. The zero-order chi connectivity index (χ0) is 18.9. The standard InChI is InChI=1S/C23H21NO4/c25-23(14-26-20-7-5-16-3-1-2-4-17(16)11-20)24-10-9-19(13-24)18-6-8-21-22(12-18)28-15-27-21/h1-8,11-12,19H,9-10,13-15H2. The molecule has 0 saturated carbocycles. The molecule has 0 aliphatic carbocycles. The van der Waals surface area contributed by atoms with Crippen LogP contribution in [-0.4, -0.2) is 37.3 Å². The van der Waals surface area contributed by atoms with E-state index in [0.717, 1.165) is 41.0 Å². The highest BCUT2D eigenvalue weighted by Gasteiger charge is 2.28. The van der Waals surface area contributed by atoms with Crippen LogP contribution in [0.3, 0.4) is 0 Å². The van der Waals surface area contributed by atoms with E-state index in [4.69, 9.17) is 14.2 Å². The number of carbonyl (C=O) groups excluding carboxylic acids is 1. The first-order chi connectivity index (χ1) is 13.8. The zero-order valence-electron chi connectivity index (χ0n) is 15.5. The molecule has 1 fully saturated rings. The lowest BCUT2D eigenvalue weighted by Crippen LogP contribution is -2.32. The molecule has 0 radical (unpaired) electrons. The second-order valence-electron chi connectivity index (χ2n) is 7.24. The maximum atomic E-state index is 12.6. The van der Waals surface area contributed by atoms with Crippen molar-refractivity contribution in [3.05, 3.63) is 66.2 Å². The van der Waals surface area contributed by atoms with Crippen molar-refractivity contribution in [1.29, 1.82) is 0 Å². The van der Waals surface area contributed by atoms with E-state index in [0.29, 0.717) is 12.5 Å². The summed E-state index contributed by atoms with van der Waals surface area (Å²) in [6.45, 7) is 1.80. The Morgan fingerprint density at radius 1 is 1.00 bits per heavy atom. The molecule has 1 atom stereocenters. The Morgan fingerprint density at radius 3 is 2.79 bits per heavy atom. The Hall–Kier alpha value is -3.21. The van der Waals surface area contributed by atoms with E-state index in [9.17, 15) is 4.79 Å². The van der Waals surface area contributed by atoms with E-state index >= 15 is 0 Å². The number of hydrogen-bond acceptors (Lipinski definition) is 4. The van der Waals surface area contributed by atoms with Gasteiger partial charge < -0.3 is 19.1 Å². The first kappa shape index (κ1) is 16.9. The van der Waals surface area contributed by atoms with Crippen molar-refractivity contribution >= 4 is 16.7 Å². The minimum atomic E-state index is 0.0244. The SMILES string of the molecule is O=C(COc1ccc2ccccc2c1)N1CCC(c2ccc3c(c2)OCO3)C1. The fourth-order valence-corrected chi connectivity index (χ4v) is 3.92. The van der Waals surface area contributed by atoms with Crippen molar-refractivity contribution in [2.75, 3.05) is 26.5 Å². The maximum Gasteiger partial charge on any atom is 0.260 e. The molecular weight excluding hydrogens is 354 g/mol. The third kappa shape index (κ3) is 3.24. The molecular formula is C23H21NO4. The van der Waals surface area contributed by atoms with Gasteiger partial charge in [0.15, 0.2) is 18.1 Å². The van der Waals surface area contributed by atoms with Crippen LogP contribution >= 0.6 is 0 Å². The second kappa shape index (κ2) is 7.08. The molecule has 5 heteroatoms. The van der Waals surface area contributed by atoms with Gasteiger partial charge in [-0.3, -0.25) is 4.79 Å². The van der Waals surface area contributed by atoms with Gasteiger partial charge in [-0.05, 0) is 47.0 Å². The monoisotopic (exact) mass is 375 g/mol. The van der Waals surface area contributed by atoms with Crippen LogP contribution in [0.4, 0.5) is 0 Å². The maximum absolute atomic E-state index is 12.6. The summed E-state index contributed by atoms with van der Waals surface area (Å²) in [6, 6.07) is 20.1. The molecule has 2 heterocycles. The van der Waals surface area contributed by atoms with E-state index in [2.05, 4.69) is 12.1 Å². The quantitative estimate of drug-likeness (QED) is 0.692. The van der Waals surface area contributed by atoms with E-state index in [1.807, 2.05) is 53.4 Å². The van der Waals surface area contributed by atoms with Crippen LogP contribution in [0.5, 0.6) is 17.2 Å². The van der Waals surface area contributed by atoms with Crippen LogP contribution in [0.1, 0.15) is 17.9 Å². The highest BCUT2D eigenvalue weighted by atomic mass is 16.7. The van der Waals surface area contributed by atoms with Crippen molar-refractivity contribution in [3.8, 4) is 17.2 Å². The van der Waals surface area contributed by atoms with Gasteiger partial charge in [-0.15, -0.1) is 0 Å². The summed E-state index contributed by atoms with van der Waals surface area (Å²) in [5, 5.41) is 2.27. The predicted molar refractivity (Wildman–Crippen MR) is 106 cm³/mol. The number of benzene rings is 3. The second-order valence-corrected chi connectivity index (χ2v) is 7.24. The molecule has 0 aromatic heterocycles. The lowest BCUT2D eigenvalue weighted by Gasteiger charge is -2.17. The van der Waals surface area contributed by atoms with Crippen LogP contribution in [0.2, 0.25) is 0 Å². The number of likely N-dealkylation sites (tertiary alicyclic amines) is 1. The normalized spacial score (nSPS) is 17.9. The molecule has 1 saturated heterocycles. The third-order valence-electron chi connectivity index (χ3n) is 5.49. The Morgan fingerprint density at radius 2 is 1.86 bits per heavy atom. The summed E-state index contributed by atoms with van der Waals surface area (Å²) < 4.78 is 16.6. The van der Waals surface area contributed by atoms with Gasteiger partial charge in [0.25, 0.3) is 5.91 Å². The minimum absolute atomic E-state index is 0.0244. The summed E-state index contributed by atoms with van der Waals surface area (Å²) in [4.78, 5) is 14.5. The third-order valence-corrected chi connectivity index (χ3v) is 5.49. The van der Waals surface area contributed by atoms with Gasteiger partial charge in [0.05, 0.1) is 0 Å². The zero-order valence-corrected chi connectivity index (χ0v) is 15.5. The predicted octanol–water partition coefficient (Wildman–Crippen LogP) is 3.96. The molecule has 5 rings (SSSR count). The molecule has 28 heavy (non-hydrogen) atoms. The van der Waals surface area contributed by atoms with E-state index in [1.165, 1.54) is 5.56 Å². The smallest absolute Gasteiger partial charge is 0.260 e. The van der Waals surface area contributed by atoms with Crippen molar-refractivity contribution in [2.24, 2.45) is 0 Å². The van der Waals surface area contributed by atoms with Gasteiger partial charge in [0.2, 0.25) is 6.79 Å². The van der Waals surface area contributed by atoms with Crippen molar-refractivity contribution in [1.82, 2.24) is 4.90 Å². The van der Waals surface area contributed by atoms with Gasteiger partial charge in [-0.1, -0.05) is 36.4 Å². The van der Waals surface area contributed by atoms with Gasteiger partial charge in [0.1, 0.15) is 5.75 Å². The van der Waals surface area contributed by atoms with Crippen LogP contribution in [0.25, 0.3) is 10.8 Å². The lowest BCUT2D eigenvalue weighted by molar-refractivity contribution is -0.132. The Kier molecular flexibility index (Phi) is 4.28. The lowest BCUT2D eigenvalue weighted by atomic mass is 9.98. The Labute approximate surface area is 163 Å². The van der Waals surface area contributed by atoms with Crippen LogP contribution in [0.15, 0.2) is 60.7 Å². The fourth-order valence-electron chi connectivity index (χ4n) is 3.92. The van der Waals surface area contributed by atoms with Gasteiger partial charge in [-0.25, -0.2) is 0 Å². The van der Waals surface area contributed by atoms with E-state index < -0.39 is 0 Å². The number of carbonyl (C=O) groups is 1. The molecule has 3 aromatic rings. The molecule has 0 bridgehead atoms. The first-order valence-electron chi connectivity index (χ1n) is 9.55. The number of ether oxygens (including phenoxy) is 3. The number of hydrogen-bond donors (Lipinski definition) is 0. The molecule has 1 unspecified atom stereocenters. The number of amides is 1. The molecule has 0 spiro atoms. The van der Waals surface area contributed by atoms with E-state index in [-0.39, 0.29) is 19.3 Å². The van der Waals surface area contributed by atoms with Crippen LogP contribution in [0, 0.1) is 0 Å². The highest BCUT2D eigenvalue weighted by Crippen LogP contribution is 2.37. The average Bonchev–Trinajstić information content (AvgIpc) is 3.40. The molecule has 1 amide bonds. The number of rotatable bonds is 4. The summed E-state index contributed by atoms with van der Waals surface area (Å²) in [5.74, 6) is 2.65. The van der Waals surface area contributed by atoms with Crippen LogP contribution < -0.4 is 14.2 Å². The molecule has 0 N–H and O–H groups in total. The summed E-state index contributed by atoms with van der Waals surface area (Å²) in [6.07, 6.45) is 0.946. The van der Waals surface area contributed by atoms with Crippen molar-refractivity contribution in [3.63, 3.8) is 0 Å². The minimum Gasteiger partial charge on any atom is -0.484 e. The number of nitrogens with zero attached hydrogens (tertiary/aromatic N) is 1. The Balaban J connectivity index is 1.20. The molecule has 5 nitrogen and oxygen atoms in total. The van der Waals surface area contributed by atoms with Crippen LogP contribution in [-0.2, 0) is 4.79 Å². The molecule has 2 aliphatic rings. The summed E-state index contributed by atoms with van der Waals surface area (Å²) in [7, 11) is 0. The molecule has 2 aliphatic heterocycles. The summed E-state index contributed by atoms with van der Waals surface area (Å²) >= 11 is 0. The topological polar surface area (TPSA) is 48.0 Å².